The van der Waals surface area contributed by atoms with E-state index in [0.717, 1.165) is 24.3 Å². The third kappa shape index (κ3) is 6.08. The zero-order valence-electron chi connectivity index (χ0n) is 16.2. The van der Waals surface area contributed by atoms with Gasteiger partial charge in [0.05, 0.1) is 11.3 Å². The van der Waals surface area contributed by atoms with Gasteiger partial charge >= 0.3 is 24.0 Å². The molecule has 2 aromatic rings. The number of amides is 1. The predicted octanol–water partition coefficient (Wildman–Crippen LogP) is 4.61. The molecule has 0 aliphatic heterocycles. The molecule has 0 aliphatic rings. The van der Waals surface area contributed by atoms with E-state index in [1.807, 2.05) is 0 Å². The van der Waals surface area contributed by atoms with Gasteiger partial charge in [-0.2, -0.15) is 30.7 Å². The Kier molecular flexibility index (Phi) is 7.31. The SMILES string of the molecule is CC(=O)OCc1ccc(C(=O)Nc2ccc(OCC(F)(F)C(F)(F)C(F)(F)F)cc2)cn1. The average molecular weight is 468 g/mol. The number of carbonyl (C=O) groups is 2. The van der Waals surface area contributed by atoms with E-state index >= 15 is 0 Å². The van der Waals surface area contributed by atoms with Crippen LogP contribution < -0.4 is 10.1 Å². The number of ether oxygens (including phenoxy) is 2. The first-order valence-electron chi connectivity index (χ1n) is 8.68. The highest BCUT2D eigenvalue weighted by molar-refractivity contribution is 6.04. The Morgan fingerprint density at radius 3 is 2.09 bits per heavy atom. The molecule has 1 N–H and O–H groups in total. The molecule has 0 unspecified atom stereocenters. The number of nitrogens with zero attached hydrogens (tertiary/aromatic N) is 1. The van der Waals surface area contributed by atoms with Gasteiger partial charge in [-0.05, 0) is 36.4 Å². The molecule has 6 nitrogen and oxygen atoms in total. The van der Waals surface area contributed by atoms with E-state index in [1.165, 1.54) is 25.3 Å². The minimum atomic E-state index is -6.44. The number of pyridine rings is 1. The maximum Gasteiger partial charge on any atom is 0.460 e. The van der Waals surface area contributed by atoms with Gasteiger partial charge in [0.2, 0.25) is 0 Å². The molecule has 0 saturated heterocycles. The van der Waals surface area contributed by atoms with Crippen LogP contribution in [0.15, 0.2) is 42.6 Å². The summed E-state index contributed by atoms with van der Waals surface area (Å²) in [5.41, 5.74) is 0.677. The highest BCUT2D eigenvalue weighted by Gasteiger charge is 2.73. The molecule has 32 heavy (non-hydrogen) atoms. The summed E-state index contributed by atoms with van der Waals surface area (Å²) in [6.07, 6.45) is -5.23. The third-order valence-corrected chi connectivity index (χ3v) is 3.86. The lowest BCUT2D eigenvalue weighted by molar-refractivity contribution is -0.358. The van der Waals surface area contributed by atoms with Gasteiger partial charge in [-0.1, -0.05) is 0 Å². The van der Waals surface area contributed by atoms with Crippen molar-refractivity contribution in [2.75, 3.05) is 11.9 Å². The van der Waals surface area contributed by atoms with E-state index < -0.39 is 42.3 Å². The van der Waals surface area contributed by atoms with Crippen LogP contribution in [0.4, 0.5) is 36.4 Å². The number of esters is 1. The Labute approximate surface area is 176 Å². The van der Waals surface area contributed by atoms with Crippen molar-refractivity contribution in [2.45, 2.75) is 31.6 Å². The van der Waals surface area contributed by atoms with Crippen molar-refractivity contribution in [2.24, 2.45) is 0 Å². The number of halogens is 7. The second-order valence-electron chi connectivity index (χ2n) is 6.36. The maximum atomic E-state index is 13.3. The molecule has 0 fully saturated rings. The van der Waals surface area contributed by atoms with Crippen molar-refractivity contribution in [3.8, 4) is 5.75 Å². The van der Waals surface area contributed by atoms with E-state index in [0.29, 0.717) is 5.69 Å². The van der Waals surface area contributed by atoms with Gasteiger partial charge in [-0.15, -0.1) is 0 Å². The van der Waals surface area contributed by atoms with Gasteiger partial charge in [0.1, 0.15) is 12.4 Å². The van der Waals surface area contributed by atoms with Crippen LogP contribution in [0.25, 0.3) is 0 Å². The van der Waals surface area contributed by atoms with Gasteiger partial charge in [0.15, 0.2) is 6.61 Å². The molecule has 0 bridgehead atoms. The van der Waals surface area contributed by atoms with Gasteiger partial charge in [-0.3, -0.25) is 14.6 Å². The molecule has 1 amide bonds. The van der Waals surface area contributed by atoms with Gasteiger partial charge in [0.25, 0.3) is 5.91 Å². The van der Waals surface area contributed by atoms with Crippen LogP contribution >= 0.6 is 0 Å². The summed E-state index contributed by atoms with van der Waals surface area (Å²) >= 11 is 0. The molecule has 174 valence electrons. The standard InChI is InChI=1S/C19H15F7N2O4/c1-11(29)31-9-14-3-2-12(8-27-14)16(30)28-13-4-6-15(7-5-13)32-10-17(20,21)18(22,23)19(24,25)26/h2-8H,9-10H2,1H3,(H,28,30). The molecule has 0 aliphatic carbocycles. The second-order valence-corrected chi connectivity index (χ2v) is 6.36. The van der Waals surface area contributed by atoms with Crippen LogP contribution in [0.1, 0.15) is 23.0 Å². The molecule has 1 heterocycles. The van der Waals surface area contributed by atoms with Crippen LogP contribution in [0.5, 0.6) is 5.75 Å². The van der Waals surface area contributed by atoms with Gasteiger partial charge < -0.3 is 14.8 Å². The monoisotopic (exact) mass is 468 g/mol. The number of benzene rings is 1. The zero-order valence-corrected chi connectivity index (χ0v) is 16.2. The summed E-state index contributed by atoms with van der Waals surface area (Å²) in [7, 11) is 0. The van der Waals surface area contributed by atoms with Crippen molar-refractivity contribution in [1.29, 1.82) is 0 Å². The number of aromatic nitrogens is 1. The lowest BCUT2D eigenvalue weighted by Gasteiger charge is -2.27. The quantitative estimate of drug-likeness (QED) is 0.453. The van der Waals surface area contributed by atoms with E-state index in [4.69, 9.17) is 4.74 Å². The third-order valence-electron chi connectivity index (χ3n) is 3.86. The number of carbonyl (C=O) groups excluding carboxylic acids is 2. The smallest absolute Gasteiger partial charge is 0.460 e. The molecule has 1 aromatic carbocycles. The first-order valence-corrected chi connectivity index (χ1v) is 8.68. The zero-order chi connectivity index (χ0) is 24.2. The minimum Gasteiger partial charge on any atom is -0.487 e. The molecule has 2 rings (SSSR count). The van der Waals surface area contributed by atoms with E-state index in [1.54, 1.807) is 0 Å². The van der Waals surface area contributed by atoms with E-state index in [-0.39, 0.29) is 17.9 Å². The van der Waals surface area contributed by atoms with Crippen LogP contribution in [0, 0.1) is 0 Å². The van der Waals surface area contributed by atoms with Gasteiger partial charge in [0, 0.05) is 18.8 Å². The van der Waals surface area contributed by atoms with Crippen LogP contribution in [0.3, 0.4) is 0 Å². The number of nitrogens with one attached hydrogen (secondary N) is 1. The number of anilines is 1. The molecular weight excluding hydrogens is 453 g/mol. The van der Waals surface area contributed by atoms with Crippen molar-refractivity contribution < 1.29 is 49.8 Å². The maximum absolute atomic E-state index is 13.3. The first-order chi connectivity index (χ1) is 14.7. The number of alkyl halides is 7. The molecule has 0 spiro atoms. The number of hydrogen-bond acceptors (Lipinski definition) is 5. The Morgan fingerprint density at radius 1 is 0.969 bits per heavy atom. The van der Waals surface area contributed by atoms with Crippen molar-refractivity contribution in [3.63, 3.8) is 0 Å². The van der Waals surface area contributed by atoms with E-state index in [9.17, 15) is 40.3 Å². The first kappa shape index (κ1) is 24.9. The average Bonchev–Trinajstić information content (AvgIpc) is 2.71. The summed E-state index contributed by atoms with van der Waals surface area (Å²) < 4.78 is 97.7. The lowest BCUT2D eigenvalue weighted by atomic mass is 10.2. The predicted molar refractivity (Wildman–Crippen MR) is 95.5 cm³/mol. The van der Waals surface area contributed by atoms with Gasteiger partial charge in [-0.25, -0.2) is 0 Å². The lowest BCUT2D eigenvalue weighted by Crippen LogP contribution is -2.54. The molecule has 13 heteroatoms. The van der Waals surface area contributed by atoms with Crippen molar-refractivity contribution in [3.05, 3.63) is 53.9 Å². The Balaban J connectivity index is 1.95. The van der Waals surface area contributed by atoms with Crippen molar-refractivity contribution >= 4 is 17.6 Å². The summed E-state index contributed by atoms with van der Waals surface area (Å²) in [4.78, 5) is 26.9. The summed E-state index contributed by atoms with van der Waals surface area (Å²) in [5, 5.41) is 2.43. The van der Waals surface area contributed by atoms with Crippen LogP contribution in [-0.2, 0) is 16.1 Å². The molecule has 1 aromatic heterocycles. The molecule has 0 atom stereocenters. The highest BCUT2D eigenvalue weighted by Crippen LogP contribution is 2.46. The largest absolute Gasteiger partial charge is 0.487 e. The Hall–Kier alpha value is -3.38. The topological polar surface area (TPSA) is 77.5 Å². The van der Waals surface area contributed by atoms with E-state index in [2.05, 4.69) is 15.0 Å². The Morgan fingerprint density at radius 2 is 1.59 bits per heavy atom. The van der Waals surface area contributed by atoms with Crippen molar-refractivity contribution in [1.82, 2.24) is 4.98 Å². The number of hydrogen-bond donors (Lipinski definition) is 1. The second kappa shape index (κ2) is 9.40. The number of rotatable bonds is 8. The van der Waals surface area contributed by atoms with Crippen LogP contribution in [0.2, 0.25) is 0 Å². The fourth-order valence-corrected chi connectivity index (χ4v) is 2.13. The van der Waals surface area contributed by atoms with Crippen LogP contribution in [-0.4, -0.2) is 41.5 Å². The molecule has 0 saturated carbocycles. The highest BCUT2D eigenvalue weighted by atomic mass is 19.4. The normalized spacial score (nSPS) is 12.2. The molecular formula is C19H15F7N2O4. The fourth-order valence-electron chi connectivity index (χ4n) is 2.13. The fraction of sp³-hybridized carbons (Fsp3) is 0.316. The minimum absolute atomic E-state index is 0.0767. The summed E-state index contributed by atoms with van der Waals surface area (Å²) in [6.45, 7) is -1.06. The summed E-state index contributed by atoms with van der Waals surface area (Å²) in [6, 6.07) is 7.18. The molecule has 0 radical (unpaired) electrons. The summed E-state index contributed by atoms with van der Waals surface area (Å²) in [5.74, 6) is -13.3. The Bertz CT molecular complexity index is 946.